The van der Waals surface area contributed by atoms with Gasteiger partial charge in [-0.15, -0.1) is 0 Å². The van der Waals surface area contributed by atoms with Crippen molar-refractivity contribution < 1.29 is 14.6 Å². The molecule has 108 valence electrons. The maximum Gasteiger partial charge on any atom is 0.317 e. The number of aliphatic carboxylic acids is 1. The fourth-order valence-electron chi connectivity index (χ4n) is 2.74. The lowest BCUT2D eigenvalue weighted by molar-refractivity contribution is -0.138. The Kier molecular flexibility index (Phi) is 3.98. The summed E-state index contributed by atoms with van der Waals surface area (Å²) in [4.78, 5) is 13.0. The van der Waals surface area contributed by atoms with Crippen LogP contribution in [0.2, 0.25) is 0 Å². The molecule has 0 bridgehead atoms. The average Bonchev–Trinajstić information content (AvgIpc) is 3.07. The summed E-state index contributed by atoms with van der Waals surface area (Å²) in [6.07, 6.45) is 3.39. The lowest BCUT2D eigenvalue weighted by atomic mass is 10.1. The molecule has 1 N–H and O–H groups in total. The maximum atomic E-state index is 11.0. The Hall–Kier alpha value is -1.07. The molecule has 1 aliphatic carbocycles. The molecule has 0 spiro atoms. The van der Waals surface area contributed by atoms with E-state index in [-0.39, 0.29) is 12.6 Å². The fraction of sp³-hybridized carbons (Fsp3) is 0.533. The number of rotatable bonds is 6. The van der Waals surface area contributed by atoms with Crippen LogP contribution in [0.15, 0.2) is 22.7 Å². The van der Waals surface area contributed by atoms with Crippen LogP contribution >= 0.6 is 15.9 Å². The number of carbonyl (C=O) groups is 1. The second kappa shape index (κ2) is 5.74. The Bertz CT molecular complexity index is 516. The van der Waals surface area contributed by atoms with Gasteiger partial charge >= 0.3 is 5.97 Å². The van der Waals surface area contributed by atoms with Crippen molar-refractivity contribution in [2.75, 3.05) is 19.6 Å². The highest BCUT2D eigenvalue weighted by molar-refractivity contribution is 9.10. The van der Waals surface area contributed by atoms with E-state index in [1.807, 2.05) is 17.0 Å². The SMILES string of the molecule is O=C(O)CN(CC1CC1)CC1Cc2cc(Br)ccc2O1. The fourth-order valence-corrected chi connectivity index (χ4v) is 3.15. The Morgan fingerprint density at radius 2 is 2.20 bits per heavy atom. The number of fused-ring (bicyclic) bond motifs is 1. The number of hydrogen-bond acceptors (Lipinski definition) is 3. The van der Waals surface area contributed by atoms with Gasteiger partial charge in [0.15, 0.2) is 0 Å². The van der Waals surface area contributed by atoms with Gasteiger partial charge in [0.05, 0.1) is 6.54 Å². The van der Waals surface area contributed by atoms with Gasteiger partial charge in [-0.3, -0.25) is 9.69 Å². The van der Waals surface area contributed by atoms with E-state index >= 15 is 0 Å². The van der Waals surface area contributed by atoms with Crippen LogP contribution in [0, 0.1) is 5.92 Å². The van der Waals surface area contributed by atoms with E-state index in [0.29, 0.717) is 12.5 Å². The molecule has 0 radical (unpaired) electrons. The molecule has 0 aromatic heterocycles. The van der Waals surface area contributed by atoms with Gasteiger partial charge in [-0.2, -0.15) is 0 Å². The van der Waals surface area contributed by atoms with Gasteiger partial charge in [0.2, 0.25) is 0 Å². The molecule has 2 aliphatic rings. The molecule has 3 rings (SSSR count). The van der Waals surface area contributed by atoms with Crippen LogP contribution in [0.4, 0.5) is 0 Å². The van der Waals surface area contributed by atoms with Crippen molar-refractivity contribution in [3.8, 4) is 5.75 Å². The highest BCUT2D eigenvalue weighted by Gasteiger charge is 2.29. The highest BCUT2D eigenvalue weighted by Crippen LogP contribution is 2.33. The average molecular weight is 340 g/mol. The number of carboxylic acid groups (broad SMARTS) is 1. The Morgan fingerprint density at radius 1 is 1.40 bits per heavy atom. The van der Waals surface area contributed by atoms with Crippen molar-refractivity contribution in [1.29, 1.82) is 0 Å². The predicted octanol–water partition coefficient (Wildman–Crippen LogP) is 2.55. The molecule has 0 amide bonds. The Labute approximate surface area is 126 Å². The van der Waals surface area contributed by atoms with Gasteiger partial charge in [-0.1, -0.05) is 15.9 Å². The summed E-state index contributed by atoms with van der Waals surface area (Å²) in [5, 5.41) is 9.01. The van der Waals surface area contributed by atoms with Gasteiger partial charge in [0.1, 0.15) is 11.9 Å². The van der Waals surface area contributed by atoms with E-state index in [1.54, 1.807) is 0 Å². The first-order valence-electron chi connectivity index (χ1n) is 6.99. The summed E-state index contributed by atoms with van der Waals surface area (Å²) in [7, 11) is 0. The summed E-state index contributed by atoms with van der Waals surface area (Å²) in [6, 6.07) is 6.03. The number of hydrogen-bond donors (Lipinski definition) is 1. The molecule has 20 heavy (non-hydrogen) atoms. The molecular weight excluding hydrogens is 322 g/mol. The number of carboxylic acids is 1. The molecule has 1 aromatic rings. The third-order valence-corrected chi connectivity index (χ3v) is 4.29. The summed E-state index contributed by atoms with van der Waals surface area (Å²) in [6.45, 7) is 1.68. The van der Waals surface area contributed by atoms with Crippen LogP contribution < -0.4 is 4.74 Å². The molecule has 0 saturated heterocycles. The molecule has 4 nitrogen and oxygen atoms in total. The van der Waals surface area contributed by atoms with E-state index in [0.717, 1.165) is 23.2 Å². The first kappa shape index (κ1) is 13.9. The van der Waals surface area contributed by atoms with Crippen LogP contribution in [-0.2, 0) is 11.2 Å². The quantitative estimate of drug-likeness (QED) is 0.865. The molecule has 1 atom stereocenters. The number of halogens is 1. The first-order valence-corrected chi connectivity index (χ1v) is 7.78. The zero-order chi connectivity index (χ0) is 14.1. The largest absolute Gasteiger partial charge is 0.488 e. The molecule has 5 heteroatoms. The van der Waals surface area contributed by atoms with Crippen molar-refractivity contribution in [1.82, 2.24) is 4.90 Å². The van der Waals surface area contributed by atoms with Gasteiger partial charge in [0.25, 0.3) is 0 Å². The molecule has 1 saturated carbocycles. The predicted molar refractivity (Wildman–Crippen MR) is 79.1 cm³/mol. The summed E-state index contributed by atoms with van der Waals surface area (Å²) >= 11 is 3.47. The molecule has 1 aliphatic heterocycles. The zero-order valence-corrected chi connectivity index (χ0v) is 12.8. The van der Waals surface area contributed by atoms with E-state index in [2.05, 4.69) is 22.0 Å². The number of nitrogens with zero attached hydrogens (tertiary/aromatic N) is 1. The third-order valence-electron chi connectivity index (χ3n) is 3.80. The second-order valence-corrected chi connectivity index (χ2v) is 6.64. The lowest BCUT2D eigenvalue weighted by Crippen LogP contribution is -2.39. The minimum absolute atomic E-state index is 0.0670. The van der Waals surface area contributed by atoms with Gasteiger partial charge < -0.3 is 9.84 Å². The molecule has 1 unspecified atom stereocenters. The molecule has 1 fully saturated rings. The number of benzene rings is 1. The molecule has 1 heterocycles. The summed E-state index contributed by atoms with van der Waals surface area (Å²) in [5.74, 6) is 0.857. The summed E-state index contributed by atoms with van der Waals surface area (Å²) in [5.41, 5.74) is 1.20. The van der Waals surface area contributed by atoms with Crippen molar-refractivity contribution in [3.05, 3.63) is 28.2 Å². The van der Waals surface area contributed by atoms with Gasteiger partial charge in [-0.25, -0.2) is 0 Å². The van der Waals surface area contributed by atoms with Crippen molar-refractivity contribution in [2.45, 2.75) is 25.4 Å². The van der Waals surface area contributed by atoms with Crippen molar-refractivity contribution in [2.24, 2.45) is 5.92 Å². The van der Waals surface area contributed by atoms with Crippen LogP contribution in [0.1, 0.15) is 18.4 Å². The monoisotopic (exact) mass is 339 g/mol. The van der Waals surface area contributed by atoms with Gasteiger partial charge in [0, 0.05) is 24.0 Å². The van der Waals surface area contributed by atoms with E-state index in [9.17, 15) is 4.79 Å². The third kappa shape index (κ3) is 3.52. The first-order chi connectivity index (χ1) is 9.60. The molecule has 1 aromatic carbocycles. The van der Waals surface area contributed by atoms with Crippen LogP contribution in [-0.4, -0.2) is 41.7 Å². The Morgan fingerprint density at radius 3 is 2.90 bits per heavy atom. The normalized spacial score (nSPS) is 20.8. The maximum absolute atomic E-state index is 11.0. The highest BCUT2D eigenvalue weighted by atomic mass is 79.9. The van der Waals surface area contributed by atoms with Crippen molar-refractivity contribution >= 4 is 21.9 Å². The van der Waals surface area contributed by atoms with E-state index in [4.69, 9.17) is 9.84 Å². The standard InChI is InChI=1S/C15H18BrNO3/c16-12-3-4-14-11(5-12)6-13(20-14)8-17(9-15(18)19)7-10-1-2-10/h3-5,10,13H,1-2,6-9H2,(H,18,19). The van der Waals surface area contributed by atoms with Crippen molar-refractivity contribution in [3.63, 3.8) is 0 Å². The zero-order valence-electron chi connectivity index (χ0n) is 11.2. The second-order valence-electron chi connectivity index (χ2n) is 5.73. The van der Waals surface area contributed by atoms with Crippen LogP contribution in [0.25, 0.3) is 0 Å². The summed E-state index contributed by atoms with van der Waals surface area (Å²) < 4.78 is 6.98. The molecular formula is C15H18BrNO3. The van der Waals surface area contributed by atoms with E-state index < -0.39 is 5.97 Å². The smallest absolute Gasteiger partial charge is 0.317 e. The lowest BCUT2D eigenvalue weighted by Gasteiger charge is -2.23. The minimum atomic E-state index is -0.760. The van der Waals surface area contributed by atoms with Crippen LogP contribution in [0.3, 0.4) is 0 Å². The van der Waals surface area contributed by atoms with Gasteiger partial charge in [-0.05, 0) is 42.5 Å². The number of ether oxygens (including phenoxy) is 1. The minimum Gasteiger partial charge on any atom is -0.488 e. The van der Waals surface area contributed by atoms with E-state index in [1.165, 1.54) is 18.4 Å². The Balaban J connectivity index is 1.60. The van der Waals surface area contributed by atoms with Crippen LogP contribution in [0.5, 0.6) is 5.75 Å². The topological polar surface area (TPSA) is 49.8 Å².